The number of hydrogen-bond acceptors (Lipinski definition) is 5. The molecular weight excluding hydrogens is 386 g/mol. The van der Waals surface area contributed by atoms with E-state index in [-0.39, 0.29) is 6.04 Å². The lowest BCUT2D eigenvalue weighted by Crippen LogP contribution is -2.48. The summed E-state index contributed by atoms with van der Waals surface area (Å²) in [5, 5.41) is 7.77. The minimum Gasteiger partial charge on any atom is -0.454 e. The first kappa shape index (κ1) is 21.7. The molecule has 2 atom stereocenters. The second-order valence-electron chi connectivity index (χ2n) is 6.74. The molecule has 28 heavy (non-hydrogen) atoms. The number of nitrogens with one attached hydrogen (secondary N) is 3. The van der Waals surface area contributed by atoms with Crippen LogP contribution in [0.15, 0.2) is 24.3 Å². The number of halogens is 1. The Morgan fingerprint density at radius 3 is 2.46 bits per heavy atom. The number of rotatable bonds is 6. The third-order valence-electron chi connectivity index (χ3n) is 4.54. The van der Waals surface area contributed by atoms with Gasteiger partial charge in [-0.3, -0.25) is 19.7 Å². The lowest BCUT2D eigenvalue weighted by Gasteiger charge is -2.29. The second-order valence-corrected chi connectivity index (χ2v) is 7.18. The molecule has 1 aromatic rings. The Morgan fingerprint density at radius 1 is 1.11 bits per heavy atom. The van der Waals surface area contributed by atoms with Gasteiger partial charge in [-0.2, -0.15) is 0 Å². The predicted molar refractivity (Wildman–Crippen MR) is 103 cm³/mol. The second kappa shape index (κ2) is 10.7. The normalized spacial score (nSPS) is 18.6. The molecule has 0 saturated heterocycles. The maximum Gasteiger partial charge on any atom is 0.325 e. The van der Waals surface area contributed by atoms with Crippen LogP contribution < -0.4 is 16.0 Å². The molecule has 1 fully saturated rings. The zero-order valence-electron chi connectivity index (χ0n) is 15.6. The van der Waals surface area contributed by atoms with Crippen LogP contribution in [-0.2, 0) is 14.3 Å². The summed E-state index contributed by atoms with van der Waals surface area (Å²) in [5.74, 6) is -1.65. The first-order valence-electron chi connectivity index (χ1n) is 9.15. The molecule has 1 aliphatic rings. The van der Waals surface area contributed by atoms with Gasteiger partial charge in [-0.25, -0.2) is 4.79 Å². The van der Waals surface area contributed by atoms with Crippen LogP contribution in [0.1, 0.15) is 43.0 Å². The number of esters is 1. The van der Waals surface area contributed by atoms with E-state index in [4.69, 9.17) is 16.3 Å². The molecule has 0 radical (unpaired) electrons. The molecule has 4 amide bonds. The van der Waals surface area contributed by atoms with Gasteiger partial charge in [0, 0.05) is 16.6 Å². The molecule has 1 aromatic carbocycles. The highest BCUT2D eigenvalue weighted by Crippen LogP contribution is 2.23. The van der Waals surface area contributed by atoms with Gasteiger partial charge in [0.25, 0.3) is 11.8 Å². The lowest BCUT2D eigenvalue weighted by molar-refractivity contribution is -0.147. The van der Waals surface area contributed by atoms with Crippen molar-refractivity contribution >= 4 is 35.4 Å². The Kier molecular flexibility index (Phi) is 8.25. The first-order chi connectivity index (χ1) is 13.3. The van der Waals surface area contributed by atoms with E-state index in [2.05, 4.69) is 22.9 Å². The summed E-state index contributed by atoms with van der Waals surface area (Å²) in [6, 6.07) is 5.57. The predicted octanol–water partition coefficient (Wildman–Crippen LogP) is 2.02. The van der Waals surface area contributed by atoms with Crippen LogP contribution in [0.3, 0.4) is 0 Å². The Morgan fingerprint density at radius 2 is 1.79 bits per heavy atom. The highest BCUT2D eigenvalue weighted by molar-refractivity contribution is 6.30. The van der Waals surface area contributed by atoms with Crippen molar-refractivity contribution in [2.24, 2.45) is 5.92 Å². The highest BCUT2D eigenvalue weighted by atomic mass is 35.5. The van der Waals surface area contributed by atoms with E-state index >= 15 is 0 Å². The first-order valence-corrected chi connectivity index (χ1v) is 9.52. The summed E-state index contributed by atoms with van der Waals surface area (Å²) in [7, 11) is 0. The monoisotopic (exact) mass is 409 g/mol. The van der Waals surface area contributed by atoms with Crippen LogP contribution in [0, 0.1) is 5.92 Å². The van der Waals surface area contributed by atoms with Crippen LogP contribution in [0.4, 0.5) is 4.79 Å². The van der Waals surface area contributed by atoms with Crippen molar-refractivity contribution in [3.63, 3.8) is 0 Å². The average Bonchev–Trinajstić information content (AvgIpc) is 2.66. The van der Waals surface area contributed by atoms with Gasteiger partial charge in [0.2, 0.25) is 0 Å². The van der Waals surface area contributed by atoms with Gasteiger partial charge >= 0.3 is 12.0 Å². The minimum absolute atomic E-state index is 0.0344. The van der Waals surface area contributed by atoms with Crippen LogP contribution in [-0.4, -0.2) is 43.0 Å². The SMILES string of the molecule is C[C@@H]1CCCC[C@H]1NC(=O)NC(=O)COC(=O)CNC(=O)c1ccc(Cl)cc1. The summed E-state index contributed by atoms with van der Waals surface area (Å²) in [6.07, 6.45) is 4.11. The molecule has 0 heterocycles. The van der Waals surface area contributed by atoms with Gasteiger partial charge < -0.3 is 15.4 Å². The number of carbonyl (C=O) groups is 4. The molecule has 0 unspecified atom stereocenters. The quantitative estimate of drug-likeness (QED) is 0.622. The number of hydrogen-bond donors (Lipinski definition) is 3. The van der Waals surface area contributed by atoms with E-state index in [1.807, 2.05) is 0 Å². The van der Waals surface area contributed by atoms with Gasteiger partial charge in [0.05, 0.1) is 0 Å². The van der Waals surface area contributed by atoms with E-state index in [0.29, 0.717) is 16.5 Å². The molecule has 2 rings (SSSR count). The largest absolute Gasteiger partial charge is 0.454 e. The van der Waals surface area contributed by atoms with Crippen molar-refractivity contribution in [1.29, 1.82) is 0 Å². The van der Waals surface area contributed by atoms with Crippen LogP contribution >= 0.6 is 11.6 Å². The van der Waals surface area contributed by atoms with E-state index < -0.39 is 37.0 Å². The Bertz CT molecular complexity index is 723. The van der Waals surface area contributed by atoms with Crippen molar-refractivity contribution < 1.29 is 23.9 Å². The number of benzene rings is 1. The van der Waals surface area contributed by atoms with Gasteiger partial charge in [-0.15, -0.1) is 0 Å². The molecular formula is C19H24ClN3O5. The third kappa shape index (κ3) is 7.19. The molecule has 152 valence electrons. The number of imide groups is 1. The van der Waals surface area contributed by atoms with Crippen molar-refractivity contribution in [2.75, 3.05) is 13.2 Å². The molecule has 0 aliphatic heterocycles. The summed E-state index contributed by atoms with van der Waals surface area (Å²) < 4.78 is 4.75. The summed E-state index contributed by atoms with van der Waals surface area (Å²) >= 11 is 5.74. The lowest BCUT2D eigenvalue weighted by atomic mass is 9.86. The summed E-state index contributed by atoms with van der Waals surface area (Å²) in [5.41, 5.74) is 0.337. The fraction of sp³-hybridized carbons (Fsp3) is 0.474. The molecule has 0 spiro atoms. The zero-order chi connectivity index (χ0) is 20.5. The molecule has 0 bridgehead atoms. The molecule has 0 aromatic heterocycles. The van der Waals surface area contributed by atoms with Crippen molar-refractivity contribution in [3.8, 4) is 0 Å². The highest BCUT2D eigenvalue weighted by Gasteiger charge is 2.23. The number of amides is 4. The smallest absolute Gasteiger partial charge is 0.325 e. The average molecular weight is 410 g/mol. The summed E-state index contributed by atoms with van der Waals surface area (Å²) in [4.78, 5) is 47.1. The van der Waals surface area contributed by atoms with Gasteiger partial charge in [-0.05, 0) is 43.0 Å². The third-order valence-corrected chi connectivity index (χ3v) is 4.80. The van der Waals surface area contributed by atoms with Crippen LogP contribution in [0.2, 0.25) is 5.02 Å². The maximum absolute atomic E-state index is 11.9. The van der Waals surface area contributed by atoms with E-state index in [0.717, 1.165) is 25.7 Å². The molecule has 1 saturated carbocycles. The number of ether oxygens (including phenoxy) is 1. The van der Waals surface area contributed by atoms with Gasteiger partial charge in [0.1, 0.15) is 6.54 Å². The van der Waals surface area contributed by atoms with E-state index in [9.17, 15) is 19.2 Å². The topological polar surface area (TPSA) is 114 Å². The Labute approximate surface area is 168 Å². The summed E-state index contributed by atoms with van der Waals surface area (Å²) in [6.45, 7) is 1.05. The number of carbonyl (C=O) groups excluding carboxylic acids is 4. The fourth-order valence-electron chi connectivity index (χ4n) is 2.95. The van der Waals surface area contributed by atoms with E-state index in [1.54, 1.807) is 12.1 Å². The molecule has 9 heteroatoms. The molecule has 3 N–H and O–H groups in total. The zero-order valence-corrected chi connectivity index (χ0v) is 16.4. The maximum atomic E-state index is 11.9. The Balaban J connectivity index is 1.64. The van der Waals surface area contributed by atoms with Gasteiger partial charge in [-0.1, -0.05) is 31.4 Å². The standard InChI is InChI=1S/C19H24ClN3O5/c1-12-4-2-3-5-15(12)22-19(27)23-16(24)11-28-17(25)10-21-18(26)13-6-8-14(20)9-7-13/h6-9,12,15H,2-5,10-11H2,1H3,(H,21,26)(H2,22,23,24,27)/t12-,15-/m1/s1. The van der Waals surface area contributed by atoms with E-state index in [1.165, 1.54) is 12.1 Å². The fourth-order valence-corrected chi connectivity index (χ4v) is 3.08. The van der Waals surface area contributed by atoms with Crippen molar-refractivity contribution in [1.82, 2.24) is 16.0 Å². The molecule has 1 aliphatic carbocycles. The van der Waals surface area contributed by atoms with Crippen molar-refractivity contribution in [3.05, 3.63) is 34.9 Å². The minimum atomic E-state index is -0.793. The van der Waals surface area contributed by atoms with Crippen LogP contribution in [0.5, 0.6) is 0 Å². The van der Waals surface area contributed by atoms with Gasteiger partial charge in [0.15, 0.2) is 6.61 Å². The van der Waals surface area contributed by atoms with Crippen LogP contribution in [0.25, 0.3) is 0 Å². The van der Waals surface area contributed by atoms with Crippen molar-refractivity contribution in [2.45, 2.75) is 38.6 Å². The number of urea groups is 1. The Hall–Kier alpha value is -2.61. The molecule has 8 nitrogen and oxygen atoms in total.